The molecule has 1 unspecified atom stereocenters. The lowest BCUT2D eigenvalue weighted by molar-refractivity contribution is 0.475. The quantitative estimate of drug-likeness (QED) is 0.337. The van der Waals surface area contributed by atoms with Crippen molar-refractivity contribution in [1.29, 1.82) is 0 Å². The predicted molar refractivity (Wildman–Crippen MR) is 130 cm³/mol. The Kier molecular flexibility index (Phi) is 12.5. The van der Waals surface area contributed by atoms with Crippen molar-refractivity contribution in [3.05, 3.63) is 121 Å². The zero-order valence-corrected chi connectivity index (χ0v) is 18.2. The number of hydrogen-bond acceptors (Lipinski definition) is 3. The lowest BCUT2D eigenvalue weighted by Gasteiger charge is -2.04. The van der Waals surface area contributed by atoms with Crippen LogP contribution in [0.5, 0.6) is 17.2 Å². The molecular weight excluding hydrogens is 415 g/mol. The molecule has 0 aromatic heterocycles. The van der Waals surface area contributed by atoms with Gasteiger partial charge in [-0.25, -0.2) is 0 Å². The third-order valence-electron chi connectivity index (χ3n) is 3.74. The van der Waals surface area contributed by atoms with Crippen molar-refractivity contribution in [2.45, 2.75) is 6.16 Å². The van der Waals surface area contributed by atoms with E-state index in [0.29, 0.717) is 25.8 Å². The summed E-state index contributed by atoms with van der Waals surface area (Å²) in [7, 11) is 0.631. The van der Waals surface area contributed by atoms with Gasteiger partial charge in [-0.05, 0) is 42.1 Å². The summed E-state index contributed by atoms with van der Waals surface area (Å²) in [4.78, 5) is 0. The van der Waals surface area contributed by atoms with E-state index in [4.69, 9.17) is 10.2 Å². The van der Waals surface area contributed by atoms with Gasteiger partial charge in [-0.15, -0.1) is 12.4 Å². The van der Waals surface area contributed by atoms with Crippen molar-refractivity contribution in [2.75, 3.05) is 0 Å². The van der Waals surface area contributed by atoms with Crippen molar-refractivity contribution in [1.82, 2.24) is 0 Å². The number of hydrogen-bond donors (Lipinski definition) is 3. The van der Waals surface area contributed by atoms with Gasteiger partial charge in [0.25, 0.3) is 0 Å². The molecule has 1 atom stereocenters. The lowest BCUT2D eigenvalue weighted by atomic mass is 10.2. The molecule has 0 heterocycles. The molecule has 0 radical (unpaired) electrons. The van der Waals surface area contributed by atoms with Crippen molar-refractivity contribution >= 4 is 26.3 Å². The van der Waals surface area contributed by atoms with Gasteiger partial charge in [-0.2, -0.15) is 0 Å². The average Bonchev–Trinajstić information content (AvgIpc) is 2.76. The molecule has 0 bridgehead atoms. The van der Waals surface area contributed by atoms with E-state index in [1.807, 2.05) is 48.5 Å². The van der Waals surface area contributed by atoms with Crippen molar-refractivity contribution in [2.24, 2.45) is 0 Å². The van der Waals surface area contributed by atoms with Crippen LogP contribution in [-0.4, -0.2) is 15.3 Å². The van der Waals surface area contributed by atoms with E-state index >= 15 is 0 Å². The minimum atomic E-state index is 0. The van der Waals surface area contributed by atoms with Gasteiger partial charge in [-0.3, -0.25) is 0 Å². The Balaban J connectivity index is 0.000000251. The van der Waals surface area contributed by atoms with Gasteiger partial charge in [0.1, 0.15) is 17.2 Å². The molecule has 156 valence electrons. The molecule has 3 nitrogen and oxygen atoms in total. The summed E-state index contributed by atoms with van der Waals surface area (Å²) in [5.74, 6) is 1.05. The normalized spacial score (nSPS) is 9.47. The van der Waals surface area contributed by atoms with Crippen LogP contribution in [-0.2, 0) is 6.16 Å². The van der Waals surface area contributed by atoms with E-state index in [-0.39, 0.29) is 12.4 Å². The van der Waals surface area contributed by atoms with E-state index < -0.39 is 0 Å². The fourth-order valence-electron chi connectivity index (χ4n) is 2.27. The second-order valence-electron chi connectivity index (χ2n) is 6.03. The third-order valence-corrected chi connectivity index (χ3v) is 5.13. The first-order valence-corrected chi connectivity index (χ1v) is 10.4. The molecule has 4 aromatic rings. The maximum atomic E-state index is 9.60. The van der Waals surface area contributed by atoms with Gasteiger partial charge in [0.05, 0.1) is 0 Å². The van der Waals surface area contributed by atoms with Crippen molar-refractivity contribution in [3.8, 4) is 17.2 Å². The van der Waals surface area contributed by atoms with Crippen LogP contribution < -0.4 is 5.30 Å². The molecule has 3 N–H and O–H groups in total. The summed E-state index contributed by atoms with van der Waals surface area (Å²) in [6.45, 7) is 0. The highest BCUT2D eigenvalue weighted by atomic mass is 35.5. The molecule has 5 heteroatoms. The van der Waals surface area contributed by atoms with Crippen molar-refractivity contribution < 1.29 is 15.3 Å². The van der Waals surface area contributed by atoms with Crippen LogP contribution >= 0.6 is 21.0 Å². The van der Waals surface area contributed by atoms with Crippen molar-refractivity contribution in [3.63, 3.8) is 0 Å². The largest absolute Gasteiger partial charge is 0.508 e. The van der Waals surface area contributed by atoms with E-state index in [9.17, 15) is 5.11 Å². The SMILES string of the molecule is Cl.Oc1ccccc1.Oc1ccccc1.Oc1ccccc1PCc1ccccc1. The number of halogens is 1. The van der Waals surface area contributed by atoms with Gasteiger partial charge in [-0.1, -0.05) is 93.5 Å². The summed E-state index contributed by atoms with van der Waals surface area (Å²) in [6, 6.07) is 35.3. The highest BCUT2D eigenvalue weighted by Gasteiger charge is 1.99. The summed E-state index contributed by atoms with van der Waals surface area (Å²) < 4.78 is 0. The second kappa shape index (κ2) is 14.9. The number of rotatable bonds is 3. The van der Waals surface area contributed by atoms with Crippen LogP contribution in [0.3, 0.4) is 0 Å². The monoisotopic (exact) mass is 440 g/mol. The van der Waals surface area contributed by atoms with Gasteiger partial charge in [0, 0.05) is 5.30 Å². The van der Waals surface area contributed by atoms with E-state index in [2.05, 4.69) is 12.1 Å². The number of phenols is 3. The second-order valence-corrected chi connectivity index (χ2v) is 7.27. The molecule has 30 heavy (non-hydrogen) atoms. The Morgan fingerprint density at radius 3 is 1.30 bits per heavy atom. The maximum absolute atomic E-state index is 9.60. The first-order chi connectivity index (χ1) is 14.1. The number of phenolic OH excluding ortho intramolecular Hbond substituents is 3. The zero-order chi connectivity index (χ0) is 20.7. The number of aromatic hydroxyl groups is 3. The van der Waals surface area contributed by atoms with Crippen LogP contribution in [0.25, 0.3) is 0 Å². The first kappa shape index (κ1) is 25.0. The first-order valence-electron chi connectivity index (χ1n) is 9.19. The van der Waals surface area contributed by atoms with Crippen LogP contribution in [0.2, 0.25) is 0 Å². The highest BCUT2D eigenvalue weighted by molar-refractivity contribution is 7.46. The highest BCUT2D eigenvalue weighted by Crippen LogP contribution is 2.22. The molecule has 0 saturated carbocycles. The molecule has 4 rings (SSSR count). The van der Waals surface area contributed by atoms with Gasteiger partial charge in [0.2, 0.25) is 0 Å². The number of benzene rings is 4. The van der Waals surface area contributed by atoms with Gasteiger partial charge < -0.3 is 15.3 Å². The minimum absolute atomic E-state index is 0. The van der Waals surface area contributed by atoms with E-state index in [0.717, 1.165) is 11.5 Å². The molecule has 0 aliphatic heterocycles. The Morgan fingerprint density at radius 1 is 0.500 bits per heavy atom. The number of para-hydroxylation sites is 3. The van der Waals surface area contributed by atoms with E-state index in [1.54, 1.807) is 54.6 Å². The minimum Gasteiger partial charge on any atom is -0.508 e. The smallest absolute Gasteiger partial charge is 0.122 e. The molecule has 4 aromatic carbocycles. The van der Waals surface area contributed by atoms with E-state index in [1.165, 1.54) is 5.56 Å². The Morgan fingerprint density at radius 2 is 0.900 bits per heavy atom. The third kappa shape index (κ3) is 10.5. The van der Waals surface area contributed by atoms with Crippen LogP contribution in [0, 0.1) is 0 Å². The molecule has 0 aliphatic rings. The standard InChI is InChI=1S/C13H13OP.2C6H6O.ClH/c14-12-8-4-5-9-13(12)15-10-11-6-2-1-3-7-11;2*7-6-4-2-1-3-5-6;/h1-9,14-15H,10H2;2*1-5,7H;1H. The molecule has 0 amide bonds. The fourth-order valence-corrected chi connectivity index (χ4v) is 3.38. The summed E-state index contributed by atoms with van der Waals surface area (Å²) in [5, 5.41) is 27.9. The summed E-state index contributed by atoms with van der Waals surface area (Å²) in [6.07, 6.45) is 0.998. The van der Waals surface area contributed by atoms with Gasteiger partial charge >= 0.3 is 0 Å². The van der Waals surface area contributed by atoms with Gasteiger partial charge in [0.15, 0.2) is 0 Å². The summed E-state index contributed by atoms with van der Waals surface area (Å²) in [5.41, 5.74) is 1.32. The van der Waals surface area contributed by atoms with Crippen LogP contribution in [0.4, 0.5) is 0 Å². The molecule has 0 fully saturated rings. The van der Waals surface area contributed by atoms with Crippen LogP contribution in [0.1, 0.15) is 5.56 Å². The molecular formula is C25H26ClO3P. The topological polar surface area (TPSA) is 60.7 Å². The lowest BCUT2D eigenvalue weighted by Crippen LogP contribution is -1.94. The predicted octanol–water partition coefficient (Wildman–Crippen LogP) is 6.10. The zero-order valence-electron chi connectivity index (χ0n) is 16.4. The molecule has 0 spiro atoms. The molecule has 0 aliphatic carbocycles. The average molecular weight is 441 g/mol. The summed E-state index contributed by atoms with van der Waals surface area (Å²) >= 11 is 0. The van der Waals surface area contributed by atoms with Crippen LogP contribution in [0.15, 0.2) is 115 Å². The Hall–Kier alpha value is -3.00. The maximum Gasteiger partial charge on any atom is 0.122 e. The Labute approximate surface area is 185 Å². The Bertz CT molecular complexity index is 898. The molecule has 0 saturated heterocycles. The fraction of sp³-hybridized carbons (Fsp3) is 0.0400.